The van der Waals surface area contributed by atoms with Gasteiger partial charge in [-0.25, -0.2) is 8.42 Å². The Morgan fingerprint density at radius 3 is 2.39 bits per heavy atom. The van der Waals surface area contributed by atoms with E-state index in [2.05, 4.69) is 0 Å². The summed E-state index contributed by atoms with van der Waals surface area (Å²) in [5.41, 5.74) is 0. The first-order chi connectivity index (χ1) is 13.2. The van der Waals surface area contributed by atoms with E-state index in [1.165, 1.54) is 26.2 Å². The molecule has 0 aliphatic carbocycles. The highest BCUT2D eigenvalue weighted by Crippen LogP contribution is 2.27. The predicted molar refractivity (Wildman–Crippen MR) is 97.0 cm³/mol. The van der Waals surface area contributed by atoms with Crippen molar-refractivity contribution in [1.82, 2.24) is 14.1 Å². The van der Waals surface area contributed by atoms with Crippen LogP contribution in [-0.2, 0) is 14.8 Å². The molecular formula is C18H24F3N3O3S. The van der Waals surface area contributed by atoms with E-state index in [1.54, 1.807) is 18.2 Å². The zero-order valence-electron chi connectivity index (χ0n) is 15.4. The standard InChI is InChI=1S/C18H24F3N3O3S/c19-18(20,21)14-22-9-5-10-23(13-12-22)17(25)16-8-4-11-24(16)28(26,27)15-6-2-1-3-7-15/h1-3,6-7,16H,4-5,8-14H2. The molecule has 156 valence electrons. The van der Waals surface area contributed by atoms with Gasteiger partial charge in [0.25, 0.3) is 0 Å². The quantitative estimate of drug-likeness (QED) is 0.749. The SMILES string of the molecule is O=C(C1CCCN1S(=O)(=O)c1ccccc1)N1CCCN(CC(F)(F)F)CC1. The number of sulfonamides is 1. The van der Waals surface area contributed by atoms with Gasteiger partial charge in [-0.2, -0.15) is 17.5 Å². The summed E-state index contributed by atoms with van der Waals surface area (Å²) in [6.45, 7) is 0.172. The van der Waals surface area contributed by atoms with E-state index in [1.807, 2.05) is 0 Å². The van der Waals surface area contributed by atoms with E-state index in [0.717, 1.165) is 0 Å². The minimum absolute atomic E-state index is 0.128. The van der Waals surface area contributed by atoms with Gasteiger partial charge in [0.05, 0.1) is 11.4 Å². The summed E-state index contributed by atoms with van der Waals surface area (Å²) in [4.78, 5) is 16.0. The van der Waals surface area contributed by atoms with Crippen LogP contribution >= 0.6 is 0 Å². The first kappa shape index (κ1) is 21.1. The number of alkyl halides is 3. The highest BCUT2D eigenvalue weighted by atomic mass is 32.2. The van der Waals surface area contributed by atoms with Crippen LogP contribution in [0.2, 0.25) is 0 Å². The molecule has 6 nitrogen and oxygen atoms in total. The van der Waals surface area contributed by atoms with Gasteiger partial charge in [-0.15, -0.1) is 0 Å². The van der Waals surface area contributed by atoms with Crippen molar-refractivity contribution >= 4 is 15.9 Å². The molecule has 2 heterocycles. The number of carbonyl (C=O) groups is 1. The van der Waals surface area contributed by atoms with Crippen molar-refractivity contribution in [2.24, 2.45) is 0 Å². The molecule has 2 aliphatic heterocycles. The summed E-state index contributed by atoms with van der Waals surface area (Å²) >= 11 is 0. The molecule has 1 aromatic rings. The number of benzene rings is 1. The average Bonchev–Trinajstić information content (AvgIpc) is 3.03. The molecule has 0 N–H and O–H groups in total. The molecular weight excluding hydrogens is 395 g/mol. The van der Waals surface area contributed by atoms with Crippen molar-refractivity contribution in [2.45, 2.75) is 36.4 Å². The lowest BCUT2D eigenvalue weighted by atomic mass is 10.2. The Kier molecular flexibility index (Phi) is 6.31. The first-order valence-corrected chi connectivity index (χ1v) is 10.8. The fraction of sp³-hybridized carbons (Fsp3) is 0.611. The summed E-state index contributed by atoms with van der Waals surface area (Å²) in [6.07, 6.45) is -2.84. The molecule has 0 radical (unpaired) electrons. The average molecular weight is 419 g/mol. The summed E-state index contributed by atoms with van der Waals surface area (Å²) in [7, 11) is -3.79. The van der Waals surface area contributed by atoms with Crippen LogP contribution in [0.1, 0.15) is 19.3 Å². The molecule has 0 bridgehead atoms. The van der Waals surface area contributed by atoms with Gasteiger partial charge in [0.1, 0.15) is 6.04 Å². The smallest absolute Gasteiger partial charge is 0.340 e. The molecule has 1 aromatic carbocycles. The predicted octanol–water partition coefficient (Wildman–Crippen LogP) is 1.94. The topological polar surface area (TPSA) is 60.9 Å². The van der Waals surface area contributed by atoms with Crippen molar-refractivity contribution in [3.8, 4) is 0 Å². The molecule has 0 spiro atoms. The zero-order valence-corrected chi connectivity index (χ0v) is 16.3. The van der Waals surface area contributed by atoms with Gasteiger partial charge in [-0.3, -0.25) is 9.69 Å². The lowest BCUT2D eigenvalue weighted by Gasteiger charge is -2.29. The Morgan fingerprint density at radius 1 is 1.00 bits per heavy atom. The van der Waals surface area contributed by atoms with E-state index in [-0.39, 0.29) is 37.0 Å². The van der Waals surface area contributed by atoms with E-state index < -0.39 is 28.8 Å². The van der Waals surface area contributed by atoms with Gasteiger partial charge in [-0.05, 0) is 31.4 Å². The third kappa shape index (κ3) is 4.84. The molecule has 0 saturated carbocycles. The van der Waals surface area contributed by atoms with Gasteiger partial charge in [0, 0.05) is 32.7 Å². The van der Waals surface area contributed by atoms with Crippen molar-refractivity contribution in [3.63, 3.8) is 0 Å². The molecule has 1 atom stereocenters. The van der Waals surface area contributed by atoms with E-state index in [9.17, 15) is 26.4 Å². The number of amides is 1. The summed E-state index contributed by atoms with van der Waals surface area (Å²) < 4.78 is 65.0. The maximum atomic E-state index is 13.0. The molecule has 28 heavy (non-hydrogen) atoms. The van der Waals surface area contributed by atoms with Crippen LogP contribution in [-0.4, -0.2) is 79.9 Å². The van der Waals surface area contributed by atoms with Crippen LogP contribution in [0, 0.1) is 0 Å². The van der Waals surface area contributed by atoms with Crippen molar-refractivity contribution < 1.29 is 26.4 Å². The fourth-order valence-electron chi connectivity index (χ4n) is 3.82. The van der Waals surface area contributed by atoms with E-state index >= 15 is 0 Å². The fourth-order valence-corrected chi connectivity index (χ4v) is 5.49. The second kappa shape index (κ2) is 8.38. The van der Waals surface area contributed by atoms with Crippen LogP contribution in [0.5, 0.6) is 0 Å². The summed E-state index contributed by atoms with van der Waals surface area (Å²) in [5, 5.41) is 0. The van der Waals surface area contributed by atoms with Crippen LogP contribution in [0.3, 0.4) is 0 Å². The Labute approximate surface area is 162 Å². The number of carbonyl (C=O) groups excluding carboxylic acids is 1. The zero-order chi connectivity index (χ0) is 20.4. The summed E-state index contributed by atoms with van der Waals surface area (Å²) in [6, 6.07) is 7.18. The number of hydrogen-bond acceptors (Lipinski definition) is 4. The highest BCUT2D eigenvalue weighted by molar-refractivity contribution is 7.89. The highest BCUT2D eigenvalue weighted by Gasteiger charge is 2.41. The third-order valence-electron chi connectivity index (χ3n) is 5.14. The number of nitrogens with zero attached hydrogens (tertiary/aromatic N) is 3. The molecule has 0 aromatic heterocycles. The molecule has 1 amide bonds. The van der Waals surface area contributed by atoms with Crippen LogP contribution in [0.15, 0.2) is 35.2 Å². The van der Waals surface area contributed by atoms with Crippen LogP contribution in [0.25, 0.3) is 0 Å². The number of hydrogen-bond donors (Lipinski definition) is 0. The third-order valence-corrected chi connectivity index (χ3v) is 7.06. The lowest BCUT2D eigenvalue weighted by molar-refractivity contribution is -0.145. The number of halogens is 3. The van der Waals surface area contributed by atoms with Crippen LogP contribution < -0.4 is 0 Å². The largest absolute Gasteiger partial charge is 0.401 e. The Balaban J connectivity index is 1.70. The van der Waals surface area contributed by atoms with Gasteiger partial charge in [0.2, 0.25) is 15.9 Å². The Morgan fingerprint density at radius 2 is 1.71 bits per heavy atom. The second-order valence-electron chi connectivity index (χ2n) is 7.16. The maximum Gasteiger partial charge on any atom is 0.401 e. The molecule has 10 heteroatoms. The van der Waals surface area contributed by atoms with Crippen molar-refractivity contribution in [1.29, 1.82) is 0 Å². The normalized spacial score (nSPS) is 23.0. The van der Waals surface area contributed by atoms with Gasteiger partial charge < -0.3 is 4.90 Å². The lowest BCUT2D eigenvalue weighted by Crippen LogP contribution is -2.48. The molecule has 2 saturated heterocycles. The summed E-state index contributed by atoms with van der Waals surface area (Å²) in [5.74, 6) is -0.314. The van der Waals surface area contributed by atoms with Crippen LogP contribution in [0.4, 0.5) is 13.2 Å². The molecule has 2 fully saturated rings. The Bertz CT molecular complexity index is 786. The minimum Gasteiger partial charge on any atom is -0.340 e. The molecule has 2 aliphatic rings. The van der Waals surface area contributed by atoms with Gasteiger partial charge in [0.15, 0.2) is 0 Å². The first-order valence-electron chi connectivity index (χ1n) is 9.33. The number of rotatable bonds is 4. The van der Waals surface area contributed by atoms with Gasteiger partial charge >= 0.3 is 6.18 Å². The van der Waals surface area contributed by atoms with Crippen molar-refractivity contribution in [2.75, 3.05) is 39.3 Å². The van der Waals surface area contributed by atoms with Gasteiger partial charge in [-0.1, -0.05) is 18.2 Å². The second-order valence-corrected chi connectivity index (χ2v) is 9.05. The maximum absolute atomic E-state index is 13.0. The molecule has 3 rings (SSSR count). The Hall–Kier alpha value is -1.65. The molecule has 1 unspecified atom stereocenters. The van der Waals surface area contributed by atoms with E-state index in [0.29, 0.717) is 25.8 Å². The van der Waals surface area contributed by atoms with Crippen molar-refractivity contribution in [3.05, 3.63) is 30.3 Å². The minimum atomic E-state index is -4.27. The monoisotopic (exact) mass is 419 g/mol. The van der Waals surface area contributed by atoms with E-state index in [4.69, 9.17) is 0 Å².